The van der Waals surface area contributed by atoms with Crippen LogP contribution in [0.5, 0.6) is 0 Å². The van der Waals surface area contributed by atoms with Gasteiger partial charge in [0.15, 0.2) is 11.5 Å². The van der Waals surface area contributed by atoms with E-state index in [2.05, 4.69) is 56.1 Å². The normalized spacial score (nSPS) is 12.5. The number of fused-ring (bicyclic) bond motifs is 3. The summed E-state index contributed by atoms with van der Waals surface area (Å²) >= 11 is 0. The number of hydrogen-bond acceptors (Lipinski definition) is 6. The zero-order valence-corrected chi connectivity index (χ0v) is 33.1. The van der Waals surface area contributed by atoms with Crippen LogP contribution >= 0.6 is 0 Å². The summed E-state index contributed by atoms with van der Waals surface area (Å²) in [5, 5.41) is 14.4. The third-order valence-corrected chi connectivity index (χ3v) is 10.4. The van der Waals surface area contributed by atoms with Crippen molar-refractivity contribution in [1.29, 1.82) is 0 Å². The minimum Gasteiger partial charge on any atom is -0.512 e. The van der Waals surface area contributed by atoms with Crippen molar-refractivity contribution in [3.63, 3.8) is 0 Å². The Kier molecular flexibility index (Phi) is 12.0. The monoisotopic (exact) mass is 850 g/mol. The van der Waals surface area contributed by atoms with Gasteiger partial charge >= 0.3 is 0 Å². The predicted molar refractivity (Wildman–Crippen MR) is 201 cm³/mol. The summed E-state index contributed by atoms with van der Waals surface area (Å²) in [7, 11) is 0. The van der Waals surface area contributed by atoms with Crippen LogP contribution in [0, 0.1) is 16.9 Å². The number of allylic oxidation sites excluding steroid dienone is 2. The SMILES string of the molecule is CC(C)(C)c1cc(-c2nccc3cc(-c4ccc5ccoc5n4)oc23)[c-]c2ccccc12.CCC(C)(CC)C(=O)/C=C(\O)C(C)(CC)CC.[Ir]. The number of pyridine rings is 2. The maximum absolute atomic E-state index is 12.2. The summed E-state index contributed by atoms with van der Waals surface area (Å²) in [6.07, 6.45) is 8.22. The van der Waals surface area contributed by atoms with Gasteiger partial charge in [-0.15, -0.1) is 29.1 Å². The van der Waals surface area contributed by atoms with E-state index in [0.29, 0.717) is 11.5 Å². The van der Waals surface area contributed by atoms with Crippen molar-refractivity contribution >= 4 is 38.6 Å². The molecular formula is C43H49IrN2O4-. The topological polar surface area (TPSA) is 89.4 Å². The number of benzene rings is 2. The Morgan fingerprint density at radius 2 is 1.54 bits per heavy atom. The molecule has 0 spiro atoms. The van der Waals surface area contributed by atoms with Crippen LogP contribution in [0.15, 0.2) is 93.8 Å². The van der Waals surface area contributed by atoms with Gasteiger partial charge in [0.2, 0.25) is 5.71 Å². The minimum atomic E-state index is -0.337. The molecular weight excluding hydrogens is 801 g/mol. The number of aliphatic hydroxyl groups excluding tert-OH is 1. The Balaban J connectivity index is 0.000000269. The van der Waals surface area contributed by atoms with Gasteiger partial charge in [-0.3, -0.25) is 9.78 Å². The number of furan rings is 2. The summed E-state index contributed by atoms with van der Waals surface area (Å²) in [5.74, 6) is 0.970. The second kappa shape index (κ2) is 15.4. The van der Waals surface area contributed by atoms with Crippen LogP contribution in [-0.4, -0.2) is 20.9 Å². The van der Waals surface area contributed by atoms with E-state index < -0.39 is 0 Å². The molecule has 1 radical (unpaired) electrons. The van der Waals surface area contributed by atoms with Gasteiger partial charge in [-0.05, 0) is 61.4 Å². The molecule has 0 aliphatic rings. The van der Waals surface area contributed by atoms with Crippen LogP contribution in [0.1, 0.15) is 93.6 Å². The molecule has 50 heavy (non-hydrogen) atoms. The standard InChI is InChI=1S/C28H21N2O2.C15H28O2.Ir/c1-28(2,3)22-15-20(14-18-6-4-5-7-21(18)22)25-26-19(10-12-29-25)16-24(32-26)23-9-8-17-11-13-31-27(17)30-23;1-7-14(5,8-2)12(16)11-13(17)15(6,9-3)10-4;/h4-13,15-16H,1-3H3;11,16H,7-10H2,1-6H3;/q-1;;/b;12-11-;. The molecule has 0 aliphatic carbocycles. The van der Waals surface area contributed by atoms with Crippen molar-refractivity contribution in [3.05, 3.63) is 96.6 Å². The van der Waals surface area contributed by atoms with Crippen molar-refractivity contribution in [1.82, 2.24) is 9.97 Å². The number of aromatic nitrogens is 2. The maximum Gasteiger partial charge on any atom is 0.226 e. The van der Waals surface area contributed by atoms with Gasteiger partial charge in [-0.25, -0.2) is 4.98 Å². The Hall–Kier alpha value is -4.06. The van der Waals surface area contributed by atoms with Crippen LogP contribution in [0.2, 0.25) is 0 Å². The van der Waals surface area contributed by atoms with Gasteiger partial charge < -0.3 is 13.9 Å². The van der Waals surface area contributed by atoms with Crippen LogP contribution in [0.3, 0.4) is 0 Å². The molecule has 6 nitrogen and oxygen atoms in total. The van der Waals surface area contributed by atoms with Gasteiger partial charge in [-0.1, -0.05) is 91.5 Å². The zero-order valence-electron chi connectivity index (χ0n) is 30.7. The molecule has 7 heteroatoms. The molecule has 0 unspecified atom stereocenters. The molecule has 0 atom stereocenters. The molecule has 4 aromatic heterocycles. The quantitative estimate of drug-likeness (QED) is 0.0885. The van der Waals surface area contributed by atoms with Gasteiger partial charge in [0.25, 0.3) is 0 Å². The molecule has 0 bridgehead atoms. The Morgan fingerprint density at radius 3 is 2.20 bits per heavy atom. The molecule has 0 saturated carbocycles. The summed E-state index contributed by atoms with van der Waals surface area (Å²) in [5.41, 5.74) is 4.40. The molecule has 6 aromatic rings. The zero-order chi connectivity index (χ0) is 35.6. The van der Waals surface area contributed by atoms with Crippen molar-refractivity contribution in [3.8, 4) is 22.7 Å². The van der Waals surface area contributed by atoms with Crippen LogP contribution in [-0.2, 0) is 30.3 Å². The number of nitrogens with zero attached hydrogens (tertiary/aromatic N) is 2. The fourth-order valence-corrected chi connectivity index (χ4v) is 5.93. The van der Waals surface area contributed by atoms with E-state index in [-0.39, 0.29) is 47.9 Å². The largest absolute Gasteiger partial charge is 0.512 e. The number of aliphatic hydroxyl groups is 1. The second-order valence-electron chi connectivity index (χ2n) is 14.5. The Labute approximate surface area is 309 Å². The number of carbonyl (C=O) groups is 1. The summed E-state index contributed by atoms with van der Waals surface area (Å²) in [6, 6.07) is 23.9. The number of carbonyl (C=O) groups excluding carboxylic acids is 1. The van der Waals surface area contributed by atoms with E-state index in [1.54, 1.807) is 6.26 Å². The Morgan fingerprint density at radius 1 is 0.860 bits per heavy atom. The minimum absolute atomic E-state index is 0. The number of rotatable bonds is 9. The van der Waals surface area contributed by atoms with Crippen LogP contribution in [0.25, 0.3) is 55.6 Å². The second-order valence-corrected chi connectivity index (χ2v) is 14.5. The van der Waals surface area contributed by atoms with E-state index in [1.807, 2.05) is 84.1 Å². The molecule has 2 aromatic carbocycles. The summed E-state index contributed by atoms with van der Waals surface area (Å²) < 4.78 is 11.8. The first-order valence-electron chi connectivity index (χ1n) is 17.4. The van der Waals surface area contributed by atoms with Gasteiger partial charge in [0, 0.05) is 59.7 Å². The summed E-state index contributed by atoms with van der Waals surface area (Å²) in [4.78, 5) is 21.5. The van der Waals surface area contributed by atoms with Crippen molar-refractivity contribution < 1.29 is 38.8 Å². The maximum atomic E-state index is 12.2. The van der Waals surface area contributed by atoms with E-state index in [4.69, 9.17) is 13.8 Å². The fourth-order valence-electron chi connectivity index (χ4n) is 5.93. The first kappa shape index (κ1) is 38.7. The van der Waals surface area contributed by atoms with Gasteiger partial charge in [-0.2, -0.15) is 0 Å². The van der Waals surface area contributed by atoms with Gasteiger partial charge in [0.1, 0.15) is 17.0 Å². The molecule has 0 amide bonds. The molecule has 1 N–H and O–H groups in total. The molecule has 4 heterocycles. The van der Waals surface area contributed by atoms with E-state index in [1.165, 1.54) is 17.0 Å². The first-order chi connectivity index (χ1) is 23.3. The van der Waals surface area contributed by atoms with Crippen molar-refractivity contribution in [2.75, 3.05) is 0 Å². The molecule has 265 valence electrons. The van der Waals surface area contributed by atoms with E-state index in [0.717, 1.165) is 64.4 Å². The first-order valence-corrected chi connectivity index (χ1v) is 17.4. The predicted octanol–water partition coefficient (Wildman–Crippen LogP) is 12.2. The van der Waals surface area contributed by atoms with Crippen LogP contribution in [0.4, 0.5) is 0 Å². The third kappa shape index (κ3) is 7.80. The fraction of sp³-hybridized carbons (Fsp3) is 0.372. The Bertz CT molecular complexity index is 2120. The molecule has 0 aliphatic heterocycles. The van der Waals surface area contributed by atoms with E-state index in [9.17, 15) is 9.90 Å². The average Bonchev–Trinajstić information content (AvgIpc) is 3.77. The molecule has 6 rings (SSSR count). The summed E-state index contributed by atoms with van der Waals surface area (Å²) in [6.45, 7) is 18.8. The van der Waals surface area contributed by atoms with Crippen molar-refractivity contribution in [2.45, 2.75) is 93.4 Å². The van der Waals surface area contributed by atoms with Crippen LogP contribution < -0.4 is 0 Å². The van der Waals surface area contributed by atoms with E-state index >= 15 is 0 Å². The van der Waals surface area contributed by atoms with Crippen molar-refractivity contribution in [2.24, 2.45) is 10.8 Å². The smallest absolute Gasteiger partial charge is 0.226 e. The number of ketones is 1. The van der Waals surface area contributed by atoms with Gasteiger partial charge in [0.05, 0.1) is 6.26 Å². The third-order valence-electron chi connectivity index (χ3n) is 10.4. The average molecular weight is 850 g/mol. The molecule has 0 fully saturated rings. The number of hydrogen-bond donors (Lipinski definition) is 1. The molecule has 0 saturated heterocycles.